The number of carbonyl (C=O) groups is 1. The van der Waals surface area contributed by atoms with Gasteiger partial charge in [-0.2, -0.15) is 0 Å². The first-order valence-corrected chi connectivity index (χ1v) is 6.54. The van der Waals surface area contributed by atoms with Gasteiger partial charge in [0.2, 0.25) is 5.82 Å². The lowest BCUT2D eigenvalue weighted by Crippen LogP contribution is -2.27. The number of H-pyrrole nitrogens is 2. The van der Waals surface area contributed by atoms with Gasteiger partial charge in [0.15, 0.2) is 0 Å². The topological polar surface area (TPSA) is 128 Å². The highest BCUT2D eigenvalue weighted by Crippen LogP contribution is 2.20. The maximum atomic E-state index is 11.4. The molecule has 0 aliphatic heterocycles. The SMILES string of the molecule is CC(C)C(CCNc1n[nH]c(=O)[nH]c1=O)CCC(=O)O. The molecule has 1 atom stereocenters. The molecule has 0 saturated carbocycles. The van der Waals surface area contributed by atoms with Crippen LogP contribution in [0, 0.1) is 11.8 Å². The van der Waals surface area contributed by atoms with Crippen molar-refractivity contribution in [2.24, 2.45) is 11.8 Å². The van der Waals surface area contributed by atoms with Crippen molar-refractivity contribution in [3.63, 3.8) is 0 Å². The fraction of sp³-hybridized carbons (Fsp3) is 0.667. The third kappa shape index (κ3) is 5.25. The number of hydrogen-bond acceptors (Lipinski definition) is 5. The van der Waals surface area contributed by atoms with Gasteiger partial charge < -0.3 is 10.4 Å². The molecule has 1 aromatic rings. The third-order valence-corrected chi connectivity index (χ3v) is 3.19. The van der Waals surface area contributed by atoms with Crippen molar-refractivity contribution in [1.29, 1.82) is 0 Å². The first kappa shape index (κ1) is 15.9. The zero-order valence-electron chi connectivity index (χ0n) is 11.6. The Labute approximate surface area is 115 Å². The molecule has 4 N–H and O–H groups in total. The predicted molar refractivity (Wildman–Crippen MR) is 73.8 cm³/mol. The Morgan fingerprint density at radius 3 is 2.60 bits per heavy atom. The molecule has 1 aromatic heterocycles. The van der Waals surface area contributed by atoms with E-state index in [1.807, 2.05) is 13.8 Å². The van der Waals surface area contributed by atoms with Crippen molar-refractivity contribution < 1.29 is 9.90 Å². The Morgan fingerprint density at radius 2 is 2.05 bits per heavy atom. The summed E-state index contributed by atoms with van der Waals surface area (Å²) in [4.78, 5) is 34.9. The number of aromatic amines is 2. The Balaban J connectivity index is 2.49. The van der Waals surface area contributed by atoms with Crippen molar-refractivity contribution in [2.75, 3.05) is 11.9 Å². The smallest absolute Gasteiger partial charge is 0.342 e. The van der Waals surface area contributed by atoms with Crippen molar-refractivity contribution in [2.45, 2.75) is 33.1 Å². The number of rotatable bonds is 8. The molecule has 0 aliphatic carbocycles. The average Bonchev–Trinajstić information content (AvgIpc) is 2.35. The summed E-state index contributed by atoms with van der Waals surface area (Å²) >= 11 is 0. The second-order valence-corrected chi connectivity index (χ2v) is 5.01. The van der Waals surface area contributed by atoms with Crippen molar-refractivity contribution >= 4 is 11.8 Å². The van der Waals surface area contributed by atoms with E-state index in [1.165, 1.54) is 0 Å². The van der Waals surface area contributed by atoms with E-state index >= 15 is 0 Å². The maximum absolute atomic E-state index is 11.4. The van der Waals surface area contributed by atoms with Crippen molar-refractivity contribution in [3.05, 3.63) is 20.8 Å². The molecule has 20 heavy (non-hydrogen) atoms. The maximum Gasteiger partial charge on any atom is 0.342 e. The molecule has 8 nitrogen and oxygen atoms in total. The zero-order chi connectivity index (χ0) is 15.1. The highest BCUT2D eigenvalue weighted by atomic mass is 16.4. The van der Waals surface area contributed by atoms with Gasteiger partial charge in [-0.1, -0.05) is 13.8 Å². The molecule has 1 unspecified atom stereocenters. The summed E-state index contributed by atoms with van der Waals surface area (Å²) in [5.74, 6) is -0.133. The van der Waals surface area contributed by atoms with Crippen molar-refractivity contribution in [1.82, 2.24) is 15.2 Å². The minimum atomic E-state index is -0.803. The lowest BCUT2D eigenvalue weighted by molar-refractivity contribution is -0.137. The first-order chi connectivity index (χ1) is 9.40. The molecule has 0 saturated heterocycles. The van der Waals surface area contributed by atoms with Crippen LogP contribution >= 0.6 is 0 Å². The van der Waals surface area contributed by atoms with Crippen LogP contribution in [0.5, 0.6) is 0 Å². The van der Waals surface area contributed by atoms with E-state index in [0.29, 0.717) is 18.9 Å². The van der Waals surface area contributed by atoms with Crippen LogP contribution in [0.3, 0.4) is 0 Å². The van der Waals surface area contributed by atoms with Crippen LogP contribution < -0.4 is 16.6 Å². The average molecular weight is 284 g/mol. The van der Waals surface area contributed by atoms with Crippen LogP contribution in [0.4, 0.5) is 5.82 Å². The highest BCUT2D eigenvalue weighted by molar-refractivity contribution is 5.66. The number of carboxylic acids is 1. The Kier molecular flexibility index (Phi) is 5.95. The number of nitrogens with one attached hydrogen (secondary N) is 3. The summed E-state index contributed by atoms with van der Waals surface area (Å²) in [7, 11) is 0. The molecular weight excluding hydrogens is 264 g/mol. The summed E-state index contributed by atoms with van der Waals surface area (Å²) in [5.41, 5.74) is -1.22. The normalized spacial score (nSPS) is 12.3. The van der Waals surface area contributed by atoms with Crippen LogP contribution in [-0.4, -0.2) is 32.8 Å². The molecule has 0 aliphatic rings. The summed E-state index contributed by atoms with van der Waals surface area (Å²) in [6.07, 6.45) is 1.47. The van der Waals surface area contributed by atoms with E-state index in [9.17, 15) is 14.4 Å². The Hall–Kier alpha value is -2.12. The fourth-order valence-corrected chi connectivity index (χ4v) is 1.96. The van der Waals surface area contributed by atoms with Crippen LogP contribution in [0.2, 0.25) is 0 Å². The predicted octanol–water partition coefficient (Wildman–Crippen LogP) is 0.397. The lowest BCUT2D eigenvalue weighted by atomic mass is 9.88. The number of aliphatic carboxylic acids is 1. The van der Waals surface area contributed by atoms with Gasteiger partial charge in [0.1, 0.15) is 0 Å². The summed E-state index contributed by atoms with van der Waals surface area (Å²) < 4.78 is 0. The quantitative estimate of drug-likeness (QED) is 0.547. The molecule has 0 radical (unpaired) electrons. The van der Waals surface area contributed by atoms with Gasteiger partial charge in [-0.05, 0) is 24.7 Å². The second kappa shape index (κ2) is 7.46. The molecule has 8 heteroatoms. The Morgan fingerprint density at radius 1 is 1.35 bits per heavy atom. The monoisotopic (exact) mass is 284 g/mol. The van der Waals surface area contributed by atoms with Crippen molar-refractivity contribution in [3.8, 4) is 0 Å². The van der Waals surface area contributed by atoms with Gasteiger partial charge in [0, 0.05) is 13.0 Å². The van der Waals surface area contributed by atoms with E-state index in [4.69, 9.17) is 5.11 Å². The highest BCUT2D eigenvalue weighted by Gasteiger charge is 2.15. The van der Waals surface area contributed by atoms with Gasteiger partial charge in [-0.3, -0.25) is 14.6 Å². The molecule has 0 amide bonds. The van der Waals surface area contributed by atoms with Gasteiger partial charge in [-0.25, -0.2) is 9.89 Å². The molecule has 1 rings (SSSR count). The molecule has 1 heterocycles. The molecule has 0 spiro atoms. The number of anilines is 1. The van der Waals surface area contributed by atoms with Crippen LogP contribution in [0.15, 0.2) is 9.59 Å². The van der Waals surface area contributed by atoms with E-state index < -0.39 is 17.2 Å². The van der Waals surface area contributed by atoms with Gasteiger partial charge in [0.25, 0.3) is 5.56 Å². The van der Waals surface area contributed by atoms with E-state index in [2.05, 4.69) is 20.5 Å². The van der Waals surface area contributed by atoms with E-state index in [1.54, 1.807) is 0 Å². The number of carboxylic acid groups (broad SMARTS) is 1. The summed E-state index contributed by atoms with van der Waals surface area (Å²) in [5, 5.41) is 17.3. The third-order valence-electron chi connectivity index (χ3n) is 3.19. The lowest BCUT2D eigenvalue weighted by Gasteiger charge is -2.20. The van der Waals surface area contributed by atoms with Gasteiger partial charge >= 0.3 is 11.7 Å². The number of aromatic nitrogens is 3. The number of nitrogens with zero attached hydrogens (tertiary/aromatic N) is 1. The standard InChI is InChI=1S/C12H20N4O4/c1-7(2)8(3-4-9(17)18)5-6-13-10-11(19)14-12(20)16-15-10/h7-8H,3-6H2,1-2H3,(H,13,15)(H,17,18)(H2,14,16,19,20). The van der Waals surface area contributed by atoms with E-state index in [-0.39, 0.29) is 18.2 Å². The summed E-state index contributed by atoms with van der Waals surface area (Å²) in [6, 6.07) is 0. The minimum Gasteiger partial charge on any atom is -0.481 e. The van der Waals surface area contributed by atoms with E-state index in [0.717, 1.165) is 6.42 Å². The molecule has 0 bridgehead atoms. The molecule has 0 fully saturated rings. The van der Waals surface area contributed by atoms with Gasteiger partial charge in [0.05, 0.1) is 0 Å². The summed E-state index contributed by atoms with van der Waals surface area (Å²) in [6.45, 7) is 4.57. The van der Waals surface area contributed by atoms with Crippen LogP contribution in [-0.2, 0) is 4.79 Å². The first-order valence-electron chi connectivity index (χ1n) is 6.54. The molecule has 112 valence electrons. The molecular formula is C12H20N4O4. The van der Waals surface area contributed by atoms with Crippen LogP contribution in [0.1, 0.15) is 33.1 Å². The fourth-order valence-electron chi connectivity index (χ4n) is 1.96. The molecule has 0 aromatic carbocycles. The van der Waals surface area contributed by atoms with Gasteiger partial charge in [-0.15, -0.1) is 5.10 Å². The largest absolute Gasteiger partial charge is 0.481 e. The number of hydrogen-bond donors (Lipinski definition) is 4. The van der Waals surface area contributed by atoms with Crippen LogP contribution in [0.25, 0.3) is 0 Å². The second-order valence-electron chi connectivity index (χ2n) is 5.01. The Bertz CT molecular complexity index is 549. The zero-order valence-corrected chi connectivity index (χ0v) is 11.6. The minimum absolute atomic E-state index is 0.0605.